The second-order valence-corrected chi connectivity index (χ2v) is 9.13. The molecule has 0 saturated carbocycles. The molecule has 2 aliphatic heterocycles. The molecular formula is C21H30N6OS. The average molecular weight is 415 g/mol. The third-order valence-corrected chi connectivity index (χ3v) is 6.59. The van der Waals surface area contributed by atoms with Crippen LogP contribution in [0.1, 0.15) is 41.1 Å². The van der Waals surface area contributed by atoms with Gasteiger partial charge in [-0.25, -0.2) is 15.0 Å². The molecule has 2 aromatic heterocycles. The molecular weight excluding hydrogens is 384 g/mol. The molecule has 0 bridgehead atoms. The first kappa shape index (κ1) is 20.3. The van der Waals surface area contributed by atoms with Crippen molar-refractivity contribution in [1.29, 1.82) is 0 Å². The molecule has 1 amide bonds. The maximum absolute atomic E-state index is 12.8. The summed E-state index contributed by atoms with van der Waals surface area (Å²) in [6.45, 7) is 9.65. The maximum atomic E-state index is 12.8. The molecule has 1 N–H and O–H groups in total. The molecule has 0 spiro atoms. The van der Waals surface area contributed by atoms with Crippen LogP contribution in [0.4, 0.5) is 5.82 Å². The van der Waals surface area contributed by atoms with E-state index >= 15 is 0 Å². The van der Waals surface area contributed by atoms with Gasteiger partial charge in [0.15, 0.2) is 5.65 Å². The molecule has 0 atom stereocenters. The number of hydrogen-bond donors (Lipinski definition) is 1. The molecule has 2 saturated heterocycles. The highest BCUT2D eigenvalue weighted by molar-refractivity contribution is 7.99. The van der Waals surface area contributed by atoms with Crippen molar-refractivity contribution < 1.29 is 4.79 Å². The number of carbonyl (C=O) groups is 1. The maximum Gasteiger partial charge on any atom is 0.289 e. The Morgan fingerprint density at radius 2 is 1.83 bits per heavy atom. The van der Waals surface area contributed by atoms with Gasteiger partial charge in [0.05, 0.1) is 5.39 Å². The van der Waals surface area contributed by atoms with Gasteiger partial charge in [0.1, 0.15) is 5.82 Å². The molecule has 2 aromatic rings. The van der Waals surface area contributed by atoms with Gasteiger partial charge in [-0.05, 0) is 51.4 Å². The number of carbonyl (C=O) groups excluding carboxylic acids is 1. The minimum atomic E-state index is -0.211. The summed E-state index contributed by atoms with van der Waals surface area (Å²) in [5, 5.41) is 3.98. The van der Waals surface area contributed by atoms with Gasteiger partial charge in [0.25, 0.3) is 5.91 Å². The molecule has 156 valence electrons. The first-order valence-corrected chi connectivity index (χ1v) is 11.8. The molecule has 0 unspecified atom stereocenters. The normalized spacial score (nSPS) is 18.2. The number of rotatable bonds is 5. The Morgan fingerprint density at radius 3 is 2.59 bits per heavy atom. The molecule has 4 heterocycles. The van der Waals surface area contributed by atoms with Crippen LogP contribution in [-0.4, -0.2) is 76.5 Å². The summed E-state index contributed by atoms with van der Waals surface area (Å²) in [6, 6.07) is 2.06. The number of piperidine rings is 1. The zero-order valence-corrected chi connectivity index (χ0v) is 18.2. The quantitative estimate of drug-likeness (QED) is 0.805. The molecule has 4 rings (SSSR count). The van der Waals surface area contributed by atoms with Crippen LogP contribution in [0.3, 0.4) is 0 Å². The van der Waals surface area contributed by atoms with E-state index in [9.17, 15) is 4.79 Å². The van der Waals surface area contributed by atoms with Crippen molar-refractivity contribution in [3.8, 4) is 0 Å². The predicted molar refractivity (Wildman–Crippen MR) is 119 cm³/mol. The van der Waals surface area contributed by atoms with Crippen molar-refractivity contribution in [1.82, 2.24) is 25.2 Å². The summed E-state index contributed by atoms with van der Waals surface area (Å²) in [5.74, 6) is 3.00. The third-order valence-electron chi connectivity index (χ3n) is 5.65. The summed E-state index contributed by atoms with van der Waals surface area (Å²) >= 11 is 1.96. The number of thioether (sulfide) groups is 1. The van der Waals surface area contributed by atoms with E-state index in [2.05, 4.69) is 38.1 Å². The summed E-state index contributed by atoms with van der Waals surface area (Å²) in [4.78, 5) is 31.4. The van der Waals surface area contributed by atoms with E-state index in [0.717, 1.165) is 66.7 Å². The molecule has 7 nitrogen and oxygen atoms in total. The van der Waals surface area contributed by atoms with Crippen LogP contribution in [0, 0.1) is 13.8 Å². The van der Waals surface area contributed by atoms with E-state index in [0.29, 0.717) is 12.2 Å². The summed E-state index contributed by atoms with van der Waals surface area (Å²) < 4.78 is 0. The lowest BCUT2D eigenvalue weighted by molar-refractivity contribution is 0.0936. The van der Waals surface area contributed by atoms with Crippen LogP contribution in [-0.2, 0) is 0 Å². The van der Waals surface area contributed by atoms with Crippen LogP contribution in [0.25, 0.3) is 11.0 Å². The molecule has 0 aliphatic carbocycles. The van der Waals surface area contributed by atoms with Gasteiger partial charge in [-0.3, -0.25) is 4.79 Å². The van der Waals surface area contributed by atoms with Gasteiger partial charge in [-0.2, -0.15) is 11.8 Å². The average Bonchev–Trinajstić information content (AvgIpc) is 2.74. The number of anilines is 1. The van der Waals surface area contributed by atoms with E-state index in [4.69, 9.17) is 4.98 Å². The molecule has 0 aromatic carbocycles. The fraction of sp³-hybridized carbons (Fsp3) is 0.619. The second kappa shape index (κ2) is 9.26. The summed E-state index contributed by atoms with van der Waals surface area (Å²) in [5.41, 5.74) is 2.63. The Labute approximate surface area is 176 Å². The SMILES string of the molecule is Cc1cc(C)c2c(N3CCSCC3)nc(C(=O)NCCN3CCCCC3)nc2n1. The topological polar surface area (TPSA) is 74.2 Å². The van der Waals surface area contributed by atoms with Crippen molar-refractivity contribution in [2.24, 2.45) is 0 Å². The lowest BCUT2D eigenvalue weighted by Crippen LogP contribution is -2.38. The lowest BCUT2D eigenvalue weighted by atomic mass is 10.1. The van der Waals surface area contributed by atoms with E-state index in [1.807, 2.05) is 18.7 Å². The number of hydrogen-bond acceptors (Lipinski definition) is 7. The van der Waals surface area contributed by atoms with Crippen LogP contribution in [0.2, 0.25) is 0 Å². The van der Waals surface area contributed by atoms with Crippen molar-refractivity contribution in [3.05, 3.63) is 23.1 Å². The Kier molecular flexibility index (Phi) is 6.50. The number of fused-ring (bicyclic) bond motifs is 1. The van der Waals surface area contributed by atoms with Crippen molar-refractivity contribution >= 4 is 34.5 Å². The monoisotopic (exact) mass is 414 g/mol. The lowest BCUT2D eigenvalue weighted by Gasteiger charge is -2.29. The Bertz CT molecular complexity index is 877. The minimum absolute atomic E-state index is 0.211. The van der Waals surface area contributed by atoms with E-state index in [-0.39, 0.29) is 11.7 Å². The third kappa shape index (κ3) is 4.80. The summed E-state index contributed by atoms with van der Waals surface area (Å²) in [7, 11) is 0. The number of amides is 1. The fourth-order valence-corrected chi connectivity index (χ4v) is 5.05. The molecule has 2 fully saturated rings. The number of pyridine rings is 1. The number of likely N-dealkylation sites (tertiary alicyclic amines) is 1. The Balaban J connectivity index is 1.57. The highest BCUT2D eigenvalue weighted by Crippen LogP contribution is 2.28. The van der Waals surface area contributed by atoms with Gasteiger partial charge >= 0.3 is 0 Å². The molecule has 29 heavy (non-hydrogen) atoms. The van der Waals surface area contributed by atoms with Crippen molar-refractivity contribution in [2.45, 2.75) is 33.1 Å². The fourth-order valence-electron chi connectivity index (χ4n) is 4.15. The van der Waals surface area contributed by atoms with Crippen LogP contribution < -0.4 is 10.2 Å². The number of nitrogens with one attached hydrogen (secondary N) is 1. The van der Waals surface area contributed by atoms with Gasteiger partial charge in [-0.15, -0.1) is 0 Å². The van der Waals surface area contributed by atoms with Gasteiger partial charge in [-0.1, -0.05) is 6.42 Å². The largest absolute Gasteiger partial charge is 0.354 e. The van der Waals surface area contributed by atoms with Crippen LogP contribution in [0.5, 0.6) is 0 Å². The standard InChI is InChI=1S/C21H30N6OS/c1-15-14-16(2)23-18-17(15)20(27-10-12-29-13-11-27)25-19(24-18)21(28)22-6-9-26-7-4-3-5-8-26/h14H,3-13H2,1-2H3,(H,22,28). The first-order valence-electron chi connectivity index (χ1n) is 10.6. The predicted octanol–water partition coefficient (Wildman–Crippen LogP) is 2.41. The Morgan fingerprint density at radius 1 is 1.07 bits per heavy atom. The Hall–Kier alpha value is -1.93. The number of nitrogens with zero attached hydrogens (tertiary/aromatic N) is 5. The molecule has 8 heteroatoms. The van der Waals surface area contributed by atoms with Crippen LogP contribution >= 0.6 is 11.8 Å². The zero-order valence-electron chi connectivity index (χ0n) is 17.4. The zero-order chi connectivity index (χ0) is 20.2. The second-order valence-electron chi connectivity index (χ2n) is 7.91. The smallest absolute Gasteiger partial charge is 0.289 e. The molecule has 0 radical (unpaired) electrons. The highest BCUT2D eigenvalue weighted by atomic mass is 32.2. The van der Waals surface area contributed by atoms with Gasteiger partial charge in [0.2, 0.25) is 5.82 Å². The molecule has 2 aliphatic rings. The van der Waals surface area contributed by atoms with Crippen molar-refractivity contribution in [3.63, 3.8) is 0 Å². The highest BCUT2D eigenvalue weighted by Gasteiger charge is 2.22. The van der Waals surface area contributed by atoms with Crippen molar-refractivity contribution in [2.75, 3.05) is 55.7 Å². The van der Waals surface area contributed by atoms with Gasteiger partial charge in [0, 0.05) is 43.4 Å². The van der Waals surface area contributed by atoms with E-state index in [1.165, 1.54) is 19.3 Å². The summed E-state index contributed by atoms with van der Waals surface area (Å²) in [6.07, 6.45) is 3.82. The first-order chi connectivity index (χ1) is 14.1. The minimum Gasteiger partial charge on any atom is -0.354 e. The van der Waals surface area contributed by atoms with Gasteiger partial charge < -0.3 is 15.1 Å². The number of aromatic nitrogens is 3. The van der Waals surface area contributed by atoms with E-state index in [1.54, 1.807) is 0 Å². The van der Waals surface area contributed by atoms with E-state index < -0.39 is 0 Å². The van der Waals surface area contributed by atoms with Crippen LogP contribution in [0.15, 0.2) is 6.07 Å². The number of aryl methyl sites for hydroxylation is 2.